The lowest BCUT2D eigenvalue weighted by atomic mass is 9.89. The quantitative estimate of drug-likeness (QED) is 0.255. The molecule has 178 valence electrons. The fraction of sp³-hybridized carbons (Fsp3) is 0.294. The highest BCUT2D eigenvalue weighted by atomic mass is 15.2. The Hall–Kier alpha value is -3.16. The molecule has 1 heterocycles. The van der Waals surface area contributed by atoms with E-state index in [2.05, 4.69) is 121 Å². The molecule has 0 aliphatic carbocycles. The first kappa shape index (κ1) is 23.6. The van der Waals surface area contributed by atoms with Crippen LogP contribution in [0.15, 0.2) is 109 Å². The predicted octanol–water partition coefficient (Wildman–Crippen LogP) is 8.44. The highest BCUT2D eigenvalue weighted by Gasteiger charge is 2.26. The summed E-state index contributed by atoms with van der Waals surface area (Å²) < 4.78 is 0. The van der Waals surface area contributed by atoms with Gasteiger partial charge in [-0.15, -0.1) is 0 Å². The van der Waals surface area contributed by atoms with Crippen molar-refractivity contribution in [2.24, 2.45) is 0 Å². The van der Waals surface area contributed by atoms with E-state index in [0.717, 1.165) is 12.8 Å². The SMILES string of the molecule is CN1[C@@H](CCc2ccc(-c3ccccc3)cc2)CCC[C@H]1CCc1ccc(-c2ccccc2)cc1. The zero-order valence-corrected chi connectivity index (χ0v) is 20.9. The van der Waals surface area contributed by atoms with Gasteiger partial charge in [0.05, 0.1) is 0 Å². The van der Waals surface area contributed by atoms with Crippen molar-refractivity contribution in [3.8, 4) is 22.3 Å². The van der Waals surface area contributed by atoms with Crippen molar-refractivity contribution in [1.82, 2.24) is 4.90 Å². The molecule has 1 nitrogen and oxygen atoms in total. The summed E-state index contributed by atoms with van der Waals surface area (Å²) in [7, 11) is 2.37. The largest absolute Gasteiger partial charge is 0.300 e. The zero-order valence-electron chi connectivity index (χ0n) is 20.9. The van der Waals surface area contributed by atoms with Crippen molar-refractivity contribution in [3.63, 3.8) is 0 Å². The van der Waals surface area contributed by atoms with Gasteiger partial charge < -0.3 is 4.90 Å². The fourth-order valence-electron chi connectivity index (χ4n) is 5.65. The van der Waals surface area contributed by atoms with Crippen molar-refractivity contribution in [2.45, 2.75) is 57.0 Å². The maximum Gasteiger partial charge on any atom is 0.00983 e. The van der Waals surface area contributed by atoms with Gasteiger partial charge in [-0.1, -0.05) is 116 Å². The van der Waals surface area contributed by atoms with Crippen LogP contribution in [-0.2, 0) is 12.8 Å². The highest BCUT2D eigenvalue weighted by molar-refractivity contribution is 5.64. The number of hydrogen-bond acceptors (Lipinski definition) is 1. The molecule has 0 radical (unpaired) electrons. The van der Waals surface area contributed by atoms with Crippen molar-refractivity contribution in [2.75, 3.05) is 7.05 Å². The van der Waals surface area contributed by atoms with E-state index in [1.54, 1.807) is 0 Å². The lowest BCUT2D eigenvalue weighted by Gasteiger charge is -2.40. The van der Waals surface area contributed by atoms with Crippen LogP contribution in [0.5, 0.6) is 0 Å². The molecule has 4 aromatic rings. The summed E-state index contributed by atoms with van der Waals surface area (Å²) in [6.45, 7) is 0. The molecule has 1 fully saturated rings. The zero-order chi connectivity index (χ0) is 23.9. The number of nitrogens with zero attached hydrogens (tertiary/aromatic N) is 1. The summed E-state index contributed by atoms with van der Waals surface area (Å²) in [5.41, 5.74) is 8.12. The van der Waals surface area contributed by atoms with Gasteiger partial charge in [0.1, 0.15) is 0 Å². The van der Waals surface area contributed by atoms with Crippen LogP contribution in [0, 0.1) is 0 Å². The molecule has 0 N–H and O–H groups in total. The molecule has 1 heteroatoms. The number of aryl methyl sites for hydroxylation is 2. The minimum Gasteiger partial charge on any atom is -0.300 e. The summed E-state index contributed by atoms with van der Waals surface area (Å²) in [5.74, 6) is 0. The Morgan fingerprint density at radius 2 is 0.886 bits per heavy atom. The fourth-order valence-corrected chi connectivity index (χ4v) is 5.65. The van der Waals surface area contributed by atoms with Crippen LogP contribution >= 0.6 is 0 Å². The van der Waals surface area contributed by atoms with Crippen molar-refractivity contribution in [3.05, 3.63) is 120 Å². The van der Waals surface area contributed by atoms with Gasteiger partial charge in [-0.2, -0.15) is 0 Å². The second-order valence-corrected chi connectivity index (χ2v) is 10.1. The van der Waals surface area contributed by atoms with E-state index >= 15 is 0 Å². The average molecular weight is 460 g/mol. The van der Waals surface area contributed by atoms with Crippen LogP contribution < -0.4 is 0 Å². The Bertz CT molecular complexity index is 1070. The number of benzene rings is 4. The number of rotatable bonds is 8. The van der Waals surface area contributed by atoms with E-state index in [1.807, 2.05) is 0 Å². The van der Waals surface area contributed by atoms with Gasteiger partial charge in [0.2, 0.25) is 0 Å². The summed E-state index contributed by atoms with van der Waals surface area (Å²) in [6.07, 6.45) is 8.86. The lowest BCUT2D eigenvalue weighted by molar-refractivity contribution is 0.103. The third-order valence-corrected chi connectivity index (χ3v) is 7.88. The van der Waals surface area contributed by atoms with E-state index in [1.165, 1.54) is 65.5 Å². The maximum atomic E-state index is 2.69. The van der Waals surface area contributed by atoms with Crippen LogP contribution in [0.4, 0.5) is 0 Å². The minimum atomic E-state index is 0.697. The normalized spacial score (nSPS) is 18.4. The van der Waals surface area contributed by atoms with E-state index in [0.29, 0.717) is 12.1 Å². The third kappa shape index (κ3) is 6.10. The molecule has 1 aliphatic heterocycles. The molecule has 1 saturated heterocycles. The topological polar surface area (TPSA) is 3.24 Å². The Morgan fingerprint density at radius 3 is 1.29 bits per heavy atom. The Kier molecular flexibility index (Phi) is 7.75. The number of likely N-dealkylation sites (tertiary alicyclic amines) is 1. The first-order valence-electron chi connectivity index (χ1n) is 13.3. The molecule has 5 rings (SSSR count). The van der Waals surface area contributed by atoms with Gasteiger partial charge in [0, 0.05) is 12.1 Å². The van der Waals surface area contributed by atoms with Crippen molar-refractivity contribution < 1.29 is 0 Å². The molecule has 0 amide bonds. The van der Waals surface area contributed by atoms with E-state index < -0.39 is 0 Å². The van der Waals surface area contributed by atoms with Crippen LogP contribution in [0.2, 0.25) is 0 Å². The van der Waals surface area contributed by atoms with Crippen molar-refractivity contribution in [1.29, 1.82) is 0 Å². The second-order valence-electron chi connectivity index (χ2n) is 10.1. The van der Waals surface area contributed by atoms with Gasteiger partial charge in [-0.25, -0.2) is 0 Å². The summed E-state index contributed by atoms with van der Waals surface area (Å²) >= 11 is 0. The molecule has 35 heavy (non-hydrogen) atoms. The molecular weight excluding hydrogens is 422 g/mol. The number of hydrogen-bond donors (Lipinski definition) is 0. The Morgan fingerprint density at radius 1 is 0.514 bits per heavy atom. The first-order valence-corrected chi connectivity index (χ1v) is 13.3. The molecule has 1 aliphatic rings. The maximum absolute atomic E-state index is 2.69. The second kappa shape index (κ2) is 11.5. The van der Waals surface area contributed by atoms with Gasteiger partial charge in [0.25, 0.3) is 0 Å². The highest BCUT2D eigenvalue weighted by Crippen LogP contribution is 2.28. The van der Waals surface area contributed by atoms with Crippen LogP contribution in [0.1, 0.15) is 43.2 Å². The van der Waals surface area contributed by atoms with Crippen LogP contribution in [0.3, 0.4) is 0 Å². The Labute approximate surface area is 211 Å². The molecule has 2 atom stereocenters. The summed E-state index contributed by atoms with van der Waals surface area (Å²) in [6, 6.07) is 41.1. The number of piperidine rings is 1. The lowest BCUT2D eigenvalue weighted by Crippen LogP contribution is -2.44. The summed E-state index contributed by atoms with van der Waals surface area (Å²) in [5, 5.41) is 0. The van der Waals surface area contributed by atoms with Crippen molar-refractivity contribution >= 4 is 0 Å². The van der Waals surface area contributed by atoms with Crippen LogP contribution in [0.25, 0.3) is 22.3 Å². The van der Waals surface area contributed by atoms with E-state index in [-0.39, 0.29) is 0 Å². The first-order chi connectivity index (χ1) is 17.3. The smallest absolute Gasteiger partial charge is 0.00983 e. The van der Waals surface area contributed by atoms with Gasteiger partial charge in [-0.3, -0.25) is 0 Å². The molecule has 0 bridgehead atoms. The molecule has 0 unspecified atom stereocenters. The molecule has 0 aromatic heterocycles. The molecule has 4 aromatic carbocycles. The third-order valence-electron chi connectivity index (χ3n) is 7.88. The molecular formula is C34H37N. The monoisotopic (exact) mass is 459 g/mol. The van der Waals surface area contributed by atoms with E-state index in [4.69, 9.17) is 0 Å². The summed E-state index contributed by atoms with van der Waals surface area (Å²) in [4.78, 5) is 2.69. The van der Waals surface area contributed by atoms with Gasteiger partial charge in [-0.05, 0) is 79.0 Å². The van der Waals surface area contributed by atoms with Gasteiger partial charge in [0.15, 0.2) is 0 Å². The molecule has 0 spiro atoms. The predicted molar refractivity (Wildman–Crippen MR) is 150 cm³/mol. The average Bonchev–Trinajstić information content (AvgIpc) is 2.93. The van der Waals surface area contributed by atoms with Crippen LogP contribution in [-0.4, -0.2) is 24.0 Å². The molecule has 0 saturated carbocycles. The Balaban J connectivity index is 1.12. The minimum absolute atomic E-state index is 0.697. The standard InChI is InChI=1S/C34H37N/c1-35-33(25-19-27-15-21-31(22-16-27)29-9-4-2-5-10-29)13-8-14-34(35)26-20-28-17-23-32(24-18-28)30-11-6-3-7-12-30/h2-7,9-12,15-18,21-24,33-34H,8,13-14,19-20,25-26H2,1H3/t33-,34+. The van der Waals surface area contributed by atoms with Gasteiger partial charge >= 0.3 is 0 Å². The van der Waals surface area contributed by atoms with E-state index in [9.17, 15) is 0 Å².